The summed E-state index contributed by atoms with van der Waals surface area (Å²) < 4.78 is 43.0. The van der Waals surface area contributed by atoms with Gasteiger partial charge in [0.2, 0.25) is 0 Å². The van der Waals surface area contributed by atoms with Gasteiger partial charge in [0.25, 0.3) is 0 Å². The highest BCUT2D eigenvalue weighted by Gasteiger charge is 2.41. The predicted molar refractivity (Wildman–Crippen MR) is 92.2 cm³/mol. The van der Waals surface area contributed by atoms with Gasteiger partial charge in [-0.05, 0) is 51.3 Å². The van der Waals surface area contributed by atoms with Crippen molar-refractivity contribution in [1.82, 2.24) is 4.90 Å². The number of hydrogen-bond donors (Lipinski definition) is 1. The molecule has 0 amide bonds. The molecular formula is C17H15BrF3N3O. The Kier molecular flexibility index (Phi) is 4.64. The van der Waals surface area contributed by atoms with Gasteiger partial charge in [-0.3, -0.25) is 0 Å². The zero-order valence-electron chi connectivity index (χ0n) is 13.2. The number of guanidine groups is 1. The molecule has 0 bridgehead atoms. The van der Waals surface area contributed by atoms with Crippen LogP contribution in [0.25, 0.3) is 0 Å². The fraction of sp³-hybridized carbons (Fsp3) is 0.235. The number of alkyl halides is 2. The van der Waals surface area contributed by atoms with Gasteiger partial charge in [0.15, 0.2) is 5.96 Å². The number of aliphatic imine (C=N–C) groups is 1. The maximum atomic E-state index is 13.6. The second-order valence-electron chi connectivity index (χ2n) is 5.72. The molecule has 4 nitrogen and oxygen atoms in total. The van der Waals surface area contributed by atoms with Crippen LogP contribution in [0.4, 0.5) is 13.2 Å². The van der Waals surface area contributed by atoms with Crippen molar-refractivity contribution < 1.29 is 17.9 Å². The number of benzene rings is 2. The van der Waals surface area contributed by atoms with Crippen LogP contribution in [0.1, 0.15) is 11.1 Å². The van der Waals surface area contributed by atoms with Gasteiger partial charge in [-0.1, -0.05) is 18.2 Å². The summed E-state index contributed by atoms with van der Waals surface area (Å²) in [7, 11) is 1.80. The number of likely N-dealkylation sites (N-methyl/N-ethyl adjacent to an activating group) is 1. The Bertz CT molecular complexity index is 813. The highest BCUT2D eigenvalue weighted by Crippen LogP contribution is 2.39. The van der Waals surface area contributed by atoms with E-state index in [1.165, 1.54) is 18.2 Å². The molecule has 0 fully saturated rings. The lowest BCUT2D eigenvalue weighted by Crippen LogP contribution is -2.34. The third-order valence-electron chi connectivity index (χ3n) is 4.12. The van der Waals surface area contributed by atoms with E-state index < -0.39 is 12.2 Å². The van der Waals surface area contributed by atoms with E-state index in [1.54, 1.807) is 36.2 Å². The van der Waals surface area contributed by atoms with Gasteiger partial charge >= 0.3 is 6.61 Å². The zero-order chi connectivity index (χ0) is 18.2. The van der Waals surface area contributed by atoms with Crippen molar-refractivity contribution in [3.05, 3.63) is 63.9 Å². The van der Waals surface area contributed by atoms with Gasteiger partial charge in [-0.25, -0.2) is 9.38 Å². The lowest BCUT2D eigenvalue weighted by molar-refractivity contribution is -0.0498. The summed E-state index contributed by atoms with van der Waals surface area (Å²) in [5, 5.41) is 0. The van der Waals surface area contributed by atoms with Gasteiger partial charge in [0.05, 0.1) is 11.0 Å². The summed E-state index contributed by atoms with van der Waals surface area (Å²) >= 11 is 3.19. The van der Waals surface area contributed by atoms with E-state index in [1.807, 2.05) is 0 Å². The van der Waals surface area contributed by atoms with Crippen LogP contribution in [0.15, 0.2) is 51.9 Å². The first-order chi connectivity index (χ1) is 11.8. The molecule has 3 rings (SSSR count). The SMILES string of the molecule is CN1C[C@](c2ccc(OC(F)F)cc2)(c2ccc(F)c(Br)c2)N=C1N. The largest absolute Gasteiger partial charge is 0.435 e. The quantitative estimate of drug-likeness (QED) is 0.831. The average Bonchev–Trinajstić information content (AvgIpc) is 2.86. The molecule has 0 unspecified atom stereocenters. The summed E-state index contributed by atoms with van der Waals surface area (Å²) in [6.07, 6.45) is 0. The smallest absolute Gasteiger partial charge is 0.387 e. The number of rotatable bonds is 4. The summed E-state index contributed by atoms with van der Waals surface area (Å²) in [4.78, 5) is 6.37. The van der Waals surface area contributed by atoms with Gasteiger partial charge < -0.3 is 15.4 Å². The molecule has 0 aromatic heterocycles. The molecule has 1 aliphatic heterocycles. The van der Waals surface area contributed by atoms with E-state index in [0.717, 1.165) is 11.1 Å². The Morgan fingerprint density at radius 3 is 2.36 bits per heavy atom. The third-order valence-corrected chi connectivity index (χ3v) is 4.72. The average molecular weight is 414 g/mol. The molecule has 0 saturated carbocycles. The molecule has 2 aromatic rings. The molecule has 2 aromatic carbocycles. The number of ether oxygens (including phenoxy) is 1. The zero-order valence-corrected chi connectivity index (χ0v) is 14.8. The second kappa shape index (κ2) is 6.59. The van der Waals surface area contributed by atoms with Crippen LogP contribution in [0, 0.1) is 5.82 Å². The first-order valence-corrected chi connectivity index (χ1v) is 8.18. The molecule has 0 spiro atoms. The summed E-state index contributed by atoms with van der Waals surface area (Å²) in [5.41, 5.74) is 6.56. The monoisotopic (exact) mass is 413 g/mol. The molecule has 25 heavy (non-hydrogen) atoms. The standard InChI is InChI=1S/C17H15BrF3N3O/c1-24-9-17(23-16(24)22,11-4-7-14(19)13(18)8-11)10-2-5-12(6-3-10)25-15(20)21/h2-8,15H,9H2,1H3,(H2,22,23)/t17-/m0/s1. The molecule has 1 heterocycles. The van der Waals surface area contributed by atoms with Crippen LogP contribution < -0.4 is 10.5 Å². The molecule has 0 radical (unpaired) electrons. The molecular weight excluding hydrogens is 399 g/mol. The van der Waals surface area contributed by atoms with Crippen molar-refractivity contribution in [2.75, 3.05) is 13.6 Å². The molecule has 0 saturated heterocycles. The van der Waals surface area contributed by atoms with E-state index in [2.05, 4.69) is 25.7 Å². The fourth-order valence-corrected chi connectivity index (χ4v) is 3.26. The van der Waals surface area contributed by atoms with Gasteiger partial charge in [0, 0.05) is 7.05 Å². The highest BCUT2D eigenvalue weighted by atomic mass is 79.9. The maximum Gasteiger partial charge on any atom is 0.387 e. The van der Waals surface area contributed by atoms with Gasteiger partial charge in [-0.2, -0.15) is 8.78 Å². The van der Waals surface area contributed by atoms with Crippen LogP contribution in [0.5, 0.6) is 5.75 Å². The summed E-state index contributed by atoms with van der Waals surface area (Å²) in [5.74, 6) is 0.00808. The number of hydrogen-bond acceptors (Lipinski definition) is 4. The maximum absolute atomic E-state index is 13.6. The van der Waals surface area contributed by atoms with Crippen LogP contribution >= 0.6 is 15.9 Å². The van der Waals surface area contributed by atoms with Crippen molar-refractivity contribution in [3.63, 3.8) is 0 Å². The predicted octanol–water partition coefficient (Wildman–Crippen LogP) is 3.69. The summed E-state index contributed by atoms with van der Waals surface area (Å²) in [6, 6.07) is 10.8. The Morgan fingerprint density at radius 1 is 1.20 bits per heavy atom. The molecule has 2 N–H and O–H groups in total. The van der Waals surface area contributed by atoms with E-state index >= 15 is 0 Å². The first kappa shape index (κ1) is 17.6. The molecule has 8 heteroatoms. The Morgan fingerprint density at radius 2 is 1.84 bits per heavy atom. The van der Waals surface area contributed by atoms with Gasteiger partial charge in [-0.15, -0.1) is 0 Å². The highest BCUT2D eigenvalue weighted by molar-refractivity contribution is 9.10. The minimum atomic E-state index is -2.89. The summed E-state index contributed by atoms with van der Waals surface area (Å²) in [6.45, 7) is -2.45. The van der Waals surface area contributed by atoms with Gasteiger partial charge in [0.1, 0.15) is 17.1 Å². The molecule has 0 aliphatic carbocycles. The van der Waals surface area contributed by atoms with Crippen molar-refractivity contribution in [3.8, 4) is 5.75 Å². The normalized spacial score (nSPS) is 20.1. The van der Waals surface area contributed by atoms with Crippen molar-refractivity contribution >= 4 is 21.9 Å². The fourth-order valence-electron chi connectivity index (χ4n) is 2.88. The Labute approximate surface area is 151 Å². The molecule has 132 valence electrons. The van der Waals surface area contributed by atoms with E-state index in [4.69, 9.17) is 5.73 Å². The first-order valence-electron chi connectivity index (χ1n) is 7.39. The minimum Gasteiger partial charge on any atom is -0.435 e. The van der Waals surface area contributed by atoms with Crippen molar-refractivity contribution in [2.45, 2.75) is 12.2 Å². The lowest BCUT2D eigenvalue weighted by atomic mass is 9.83. The Hall–Kier alpha value is -2.22. The third kappa shape index (κ3) is 3.30. The van der Waals surface area contributed by atoms with Crippen LogP contribution in [0.2, 0.25) is 0 Å². The van der Waals surface area contributed by atoms with Crippen LogP contribution in [-0.4, -0.2) is 31.1 Å². The lowest BCUT2D eigenvalue weighted by Gasteiger charge is -2.28. The number of halogens is 4. The second-order valence-corrected chi connectivity index (χ2v) is 6.57. The van der Waals surface area contributed by atoms with Crippen LogP contribution in [0.3, 0.4) is 0 Å². The van der Waals surface area contributed by atoms with E-state index in [-0.39, 0.29) is 11.6 Å². The molecule has 1 aliphatic rings. The van der Waals surface area contributed by atoms with E-state index in [0.29, 0.717) is 17.0 Å². The Balaban J connectivity index is 2.08. The molecule has 1 atom stereocenters. The topological polar surface area (TPSA) is 50.8 Å². The minimum absolute atomic E-state index is 0.0532. The number of nitrogens with zero attached hydrogens (tertiary/aromatic N) is 2. The van der Waals surface area contributed by atoms with Crippen molar-refractivity contribution in [2.24, 2.45) is 10.7 Å². The van der Waals surface area contributed by atoms with E-state index in [9.17, 15) is 13.2 Å². The number of nitrogens with two attached hydrogens (primary N) is 1. The van der Waals surface area contributed by atoms with Crippen LogP contribution in [-0.2, 0) is 5.54 Å². The van der Waals surface area contributed by atoms with Crippen molar-refractivity contribution in [1.29, 1.82) is 0 Å².